The fourth-order valence-electron chi connectivity index (χ4n) is 2.67. The Morgan fingerprint density at radius 1 is 1.26 bits per heavy atom. The van der Waals surface area contributed by atoms with E-state index >= 15 is 0 Å². The van der Waals surface area contributed by atoms with E-state index in [1.54, 1.807) is 0 Å². The van der Waals surface area contributed by atoms with E-state index in [0.717, 1.165) is 30.2 Å². The van der Waals surface area contributed by atoms with Crippen LogP contribution in [0, 0.1) is 6.92 Å². The van der Waals surface area contributed by atoms with Gasteiger partial charge in [-0.05, 0) is 24.5 Å². The third-order valence-electron chi connectivity index (χ3n) is 3.91. The smallest absolute Gasteiger partial charge is 0.130 e. The second kappa shape index (κ2) is 4.92. The van der Waals surface area contributed by atoms with Crippen molar-refractivity contribution in [2.75, 3.05) is 23.7 Å². The lowest BCUT2D eigenvalue weighted by molar-refractivity contribution is 0.774. The van der Waals surface area contributed by atoms with Gasteiger partial charge in [0.15, 0.2) is 0 Å². The number of hydrogen-bond donors (Lipinski definition) is 1. The largest absolute Gasteiger partial charge is 0.398 e. The minimum atomic E-state index is 0.602. The quantitative estimate of drug-likeness (QED) is 0.894. The highest BCUT2D eigenvalue weighted by Gasteiger charge is 2.24. The molecule has 3 heteroatoms. The molecule has 0 amide bonds. The van der Waals surface area contributed by atoms with Crippen LogP contribution in [0.5, 0.6) is 0 Å². The van der Waals surface area contributed by atoms with E-state index in [9.17, 15) is 0 Å². The summed E-state index contributed by atoms with van der Waals surface area (Å²) in [5, 5.41) is 0. The first-order valence-electron chi connectivity index (χ1n) is 6.76. The first kappa shape index (κ1) is 12.0. The molecule has 0 saturated carbocycles. The Balaban J connectivity index is 1.77. The Bertz CT molecular complexity index is 565. The number of pyridine rings is 1. The predicted octanol–water partition coefficient (Wildman–Crippen LogP) is 2.97. The Morgan fingerprint density at radius 2 is 2.05 bits per heavy atom. The van der Waals surface area contributed by atoms with Gasteiger partial charge in [-0.1, -0.05) is 30.3 Å². The van der Waals surface area contributed by atoms with Gasteiger partial charge in [0.1, 0.15) is 5.82 Å². The number of aromatic nitrogens is 1. The molecule has 1 fully saturated rings. The molecule has 1 saturated heterocycles. The monoisotopic (exact) mass is 253 g/mol. The fraction of sp³-hybridized carbons (Fsp3) is 0.312. The van der Waals surface area contributed by atoms with Gasteiger partial charge in [0, 0.05) is 37.0 Å². The maximum atomic E-state index is 5.97. The molecule has 0 bridgehead atoms. The molecule has 1 aromatic heterocycles. The molecule has 2 N–H and O–H groups in total. The molecule has 1 aliphatic rings. The molecule has 0 spiro atoms. The number of rotatable bonds is 2. The second-order valence-corrected chi connectivity index (χ2v) is 5.24. The highest BCUT2D eigenvalue weighted by atomic mass is 15.2. The lowest BCUT2D eigenvalue weighted by Crippen LogP contribution is -2.20. The first-order chi connectivity index (χ1) is 9.24. The van der Waals surface area contributed by atoms with Crippen molar-refractivity contribution >= 4 is 11.5 Å². The third kappa shape index (κ3) is 2.41. The summed E-state index contributed by atoms with van der Waals surface area (Å²) in [5.41, 5.74) is 9.26. The van der Waals surface area contributed by atoms with Gasteiger partial charge in [-0.2, -0.15) is 0 Å². The van der Waals surface area contributed by atoms with E-state index in [1.165, 1.54) is 12.0 Å². The summed E-state index contributed by atoms with van der Waals surface area (Å²) in [6.45, 7) is 4.07. The van der Waals surface area contributed by atoms with Crippen LogP contribution in [0.25, 0.3) is 0 Å². The van der Waals surface area contributed by atoms with E-state index in [1.807, 2.05) is 19.2 Å². The van der Waals surface area contributed by atoms with Crippen LogP contribution in [-0.2, 0) is 0 Å². The normalized spacial score (nSPS) is 18.8. The standard InChI is InChI=1S/C16H19N3/c1-12-10-18-16(9-15(12)17)19-8-7-14(11-19)13-5-3-2-4-6-13/h2-6,9-10,14H,7-8,11H2,1H3,(H2,17,18). The van der Waals surface area contributed by atoms with Gasteiger partial charge in [-0.15, -0.1) is 0 Å². The molecule has 3 rings (SSSR count). The van der Waals surface area contributed by atoms with E-state index in [4.69, 9.17) is 5.73 Å². The molecule has 1 unspecified atom stereocenters. The number of aryl methyl sites for hydroxylation is 1. The molecule has 1 aromatic carbocycles. The van der Waals surface area contributed by atoms with Crippen molar-refractivity contribution in [3.05, 3.63) is 53.7 Å². The van der Waals surface area contributed by atoms with Gasteiger partial charge in [-0.3, -0.25) is 0 Å². The predicted molar refractivity (Wildman–Crippen MR) is 79.4 cm³/mol. The SMILES string of the molecule is Cc1cnc(N2CCC(c3ccccc3)C2)cc1N. The van der Waals surface area contributed by atoms with E-state index in [0.29, 0.717) is 5.92 Å². The summed E-state index contributed by atoms with van der Waals surface area (Å²) in [6, 6.07) is 12.7. The van der Waals surface area contributed by atoms with E-state index in [2.05, 4.69) is 40.2 Å². The molecule has 0 radical (unpaired) electrons. The minimum Gasteiger partial charge on any atom is -0.398 e. The number of nitrogen functional groups attached to an aromatic ring is 1. The molecule has 3 nitrogen and oxygen atoms in total. The highest BCUT2D eigenvalue weighted by Crippen LogP contribution is 2.30. The topological polar surface area (TPSA) is 42.2 Å². The molecular formula is C16H19N3. The lowest BCUT2D eigenvalue weighted by atomic mass is 9.99. The zero-order valence-electron chi connectivity index (χ0n) is 11.2. The number of nitrogens with two attached hydrogens (primary N) is 1. The molecule has 1 aliphatic heterocycles. The van der Waals surface area contributed by atoms with Gasteiger partial charge in [0.2, 0.25) is 0 Å². The van der Waals surface area contributed by atoms with Crippen molar-refractivity contribution in [3.63, 3.8) is 0 Å². The minimum absolute atomic E-state index is 0.602. The Labute approximate surface area is 114 Å². The van der Waals surface area contributed by atoms with Crippen molar-refractivity contribution in [3.8, 4) is 0 Å². The number of anilines is 2. The van der Waals surface area contributed by atoms with Crippen molar-refractivity contribution in [1.29, 1.82) is 0 Å². The van der Waals surface area contributed by atoms with Gasteiger partial charge < -0.3 is 10.6 Å². The van der Waals surface area contributed by atoms with Crippen LogP contribution in [0.2, 0.25) is 0 Å². The summed E-state index contributed by atoms with van der Waals surface area (Å²) in [4.78, 5) is 6.82. The average Bonchev–Trinajstić information content (AvgIpc) is 2.93. The number of hydrogen-bond acceptors (Lipinski definition) is 3. The zero-order valence-corrected chi connectivity index (χ0v) is 11.2. The summed E-state index contributed by atoms with van der Waals surface area (Å²) in [6.07, 6.45) is 3.04. The van der Waals surface area contributed by atoms with Crippen molar-refractivity contribution in [2.45, 2.75) is 19.3 Å². The van der Waals surface area contributed by atoms with Gasteiger partial charge in [-0.25, -0.2) is 4.98 Å². The molecule has 98 valence electrons. The second-order valence-electron chi connectivity index (χ2n) is 5.24. The lowest BCUT2D eigenvalue weighted by Gasteiger charge is -2.18. The van der Waals surface area contributed by atoms with E-state index < -0.39 is 0 Å². The first-order valence-corrected chi connectivity index (χ1v) is 6.76. The molecule has 2 aromatic rings. The van der Waals surface area contributed by atoms with Crippen LogP contribution in [0.1, 0.15) is 23.5 Å². The summed E-state index contributed by atoms with van der Waals surface area (Å²) < 4.78 is 0. The van der Waals surface area contributed by atoms with Crippen LogP contribution in [-0.4, -0.2) is 18.1 Å². The van der Waals surface area contributed by atoms with Gasteiger partial charge >= 0.3 is 0 Å². The van der Waals surface area contributed by atoms with Crippen LogP contribution >= 0.6 is 0 Å². The van der Waals surface area contributed by atoms with E-state index in [-0.39, 0.29) is 0 Å². The maximum absolute atomic E-state index is 5.97. The number of nitrogens with zero attached hydrogens (tertiary/aromatic N) is 2. The summed E-state index contributed by atoms with van der Waals surface area (Å²) in [5.74, 6) is 1.60. The highest BCUT2D eigenvalue weighted by molar-refractivity contribution is 5.55. The van der Waals surface area contributed by atoms with Crippen molar-refractivity contribution < 1.29 is 0 Å². The van der Waals surface area contributed by atoms with Crippen molar-refractivity contribution in [2.24, 2.45) is 0 Å². The fourth-order valence-corrected chi connectivity index (χ4v) is 2.67. The molecule has 0 aliphatic carbocycles. The Kier molecular flexibility index (Phi) is 3.11. The van der Waals surface area contributed by atoms with Gasteiger partial charge in [0.05, 0.1) is 0 Å². The molecule has 1 atom stereocenters. The van der Waals surface area contributed by atoms with Crippen LogP contribution in [0.4, 0.5) is 11.5 Å². The molecule has 19 heavy (non-hydrogen) atoms. The Morgan fingerprint density at radius 3 is 2.79 bits per heavy atom. The Hall–Kier alpha value is -2.03. The third-order valence-corrected chi connectivity index (χ3v) is 3.91. The van der Waals surface area contributed by atoms with Crippen LogP contribution < -0.4 is 10.6 Å². The van der Waals surface area contributed by atoms with Crippen molar-refractivity contribution in [1.82, 2.24) is 4.98 Å². The summed E-state index contributed by atoms with van der Waals surface area (Å²) in [7, 11) is 0. The van der Waals surface area contributed by atoms with Gasteiger partial charge in [0.25, 0.3) is 0 Å². The molecule has 2 heterocycles. The maximum Gasteiger partial charge on any atom is 0.130 e. The molecular weight excluding hydrogens is 234 g/mol. The average molecular weight is 253 g/mol. The zero-order chi connectivity index (χ0) is 13.2. The van der Waals surface area contributed by atoms with Crippen LogP contribution in [0.15, 0.2) is 42.6 Å². The van der Waals surface area contributed by atoms with Crippen LogP contribution in [0.3, 0.4) is 0 Å². The number of benzene rings is 1. The summed E-state index contributed by atoms with van der Waals surface area (Å²) >= 11 is 0.